The van der Waals surface area contributed by atoms with Gasteiger partial charge in [0.25, 0.3) is 11.6 Å². The number of hydrogen-bond acceptors (Lipinski definition) is 5. The molecule has 0 spiro atoms. The molecule has 1 aromatic carbocycles. The number of carbonyl (C=O) groups excluding carboxylic acids is 1. The topological polar surface area (TPSA) is 94.4 Å². The lowest BCUT2D eigenvalue weighted by atomic mass is 10.2. The Morgan fingerprint density at radius 3 is 2.71 bits per heavy atom. The van der Waals surface area contributed by atoms with E-state index in [0.717, 1.165) is 0 Å². The SMILES string of the molecule is COc1cc([N+](=O)[O-])ccc1NC(=O)c1ccc(Cl)nc1. The van der Waals surface area contributed by atoms with Crippen molar-refractivity contribution in [3.8, 4) is 5.75 Å². The van der Waals surface area contributed by atoms with E-state index in [1.54, 1.807) is 0 Å². The second kappa shape index (κ2) is 6.19. The number of benzene rings is 1. The molecule has 0 saturated carbocycles. The van der Waals surface area contributed by atoms with E-state index in [4.69, 9.17) is 16.3 Å². The normalized spacial score (nSPS) is 10.0. The molecule has 1 aromatic heterocycles. The van der Waals surface area contributed by atoms with Gasteiger partial charge in [0, 0.05) is 12.3 Å². The van der Waals surface area contributed by atoms with E-state index in [9.17, 15) is 14.9 Å². The molecule has 0 saturated heterocycles. The molecule has 108 valence electrons. The smallest absolute Gasteiger partial charge is 0.273 e. The van der Waals surface area contributed by atoms with Crippen LogP contribution in [0, 0.1) is 10.1 Å². The van der Waals surface area contributed by atoms with Crippen molar-refractivity contribution < 1.29 is 14.5 Å². The van der Waals surface area contributed by atoms with Crippen LogP contribution in [0.15, 0.2) is 36.5 Å². The lowest BCUT2D eigenvalue weighted by Crippen LogP contribution is -2.13. The monoisotopic (exact) mass is 307 g/mol. The molecule has 2 rings (SSSR count). The maximum absolute atomic E-state index is 12.0. The fraction of sp³-hybridized carbons (Fsp3) is 0.0769. The van der Waals surface area contributed by atoms with Crippen LogP contribution in [-0.4, -0.2) is 22.9 Å². The number of carbonyl (C=O) groups is 1. The standard InChI is InChI=1S/C13H10ClN3O4/c1-21-11-6-9(17(19)20)3-4-10(11)16-13(18)8-2-5-12(14)15-7-8/h2-7H,1H3,(H,16,18). The van der Waals surface area contributed by atoms with E-state index in [1.165, 1.54) is 43.6 Å². The Bertz CT molecular complexity index is 688. The summed E-state index contributed by atoms with van der Waals surface area (Å²) in [7, 11) is 1.36. The van der Waals surface area contributed by atoms with Gasteiger partial charge in [0.2, 0.25) is 0 Å². The molecule has 0 fully saturated rings. The number of nitrogens with one attached hydrogen (secondary N) is 1. The number of halogens is 1. The van der Waals surface area contributed by atoms with Crippen molar-refractivity contribution in [1.29, 1.82) is 0 Å². The molecule has 1 heterocycles. The molecule has 0 aliphatic rings. The number of pyridine rings is 1. The molecule has 0 atom stereocenters. The average Bonchev–Trinajstić information content (AvgIpc) is 2.48. The largest absolute Gasteiger partial charge is 0.494 e. The van der Waals surface area contributed by atoms with Crippen molar-refractivity contribution in [1.82, 2.24) is 4.98 Å². The molecule has 0 bridgehead atoms. The lowest BCUT2D eigenvalue weighted by Gasteiger charge is -2.09. The van der Waals surface area contributed by atoms with Crippen LogP contribution in [-0.2, 0) is 0 Å². The highest BCUT2D eigenvalue weighted by Crippen LogP contribution is 2.29. The summed E-state index contributed by atoms with van der Waals surface area (Å²) in [5.41, 5.74) is 0.501. The van der Waals surface area contributed by atoms with Crippen molar-refractivity contribution in [2.45, 2.75) is 0 Å². The first-order valence-electron chi connectivity index (χ1n) is 5.76. The molecule has 0 radical (unpaired) electrons. The van der Waals surface area contributed by atoms with Crippen molar-refractivity contribution in [2.75, 3.05) is 12.4 Å². The van der Waals surface area contributed by atoms with Crippen molar-refractivity contribution in [3.05, 3.63) is 57.4 Å². The molecule has 0 aliphatic heterocycles. The molecule has 1 amide bonds. The third kappa shape index (κ3) is 3.46. The average molecular weight is 308 g/mol. The maximum Gasteiger partial charge on any atom is 0.273 e. The van der Waals surface area contributed by atoms with Gasteiger partial charge in [0.05, 0.1) is 29.4 Å². The van der Waals surface area contributed by atoms with Crippen LogP contribution in [0.25, 0.3) is 0 Å². The minimum Gasteiger partial charge on any atom is -0.494 e. The third-order valence-corrected chi connectivity index (χ3v) is 2.86. The number of nitrogens with zero attached hydrogens (tertiary/aromatic N) is 2. The van der Waals surface area contributed by atoms with Gasteiger partial charge >= 0.3 is 0 Å². The second-order valence-electron chi connectivity index (χ2n) is 3.97. The first kappa shape index (κ1) is 14.7. The Hall–Kier alpha value is -2.67. The van der Waals surface area contributed by atoms with Gasteiger partial charge in [0.15, 0.2) is 0 Å². The van der Waals surface area contributed by atoms with Gasteiger partial charge in [-0.1, -0.05) is 11.6 Å². The highest BCUT2D eigenvalue weighted by atomic mass is 35.5. The van der Waals surface area contributed by atoms with Gasteiger partial charge in [-0.05, 0) is 18.2 Å². The molecule has 21 heavy (non-hydrogen) atoms. The van der Waals surface area contributed by atoms with E-state index in [2.05, 4.69) is 10.3 Å². The number of anilines is 1. The zero-order valence-corrected chi connectivity index (χ0v) is 11.6. The molecule has 1 N–H and O–H groups in total. The van der Waals surface area contributed by atoms with E-state index < -0.39 is 10.8 Å². The minimum atomic E-state index is -0.544. The van der Waals surface area contributed by atoms with E-state index in [0.29, 0.717) is 11.3 Å². The zero-order chi connectivity index (χ0) is 15.4. The highest BCUT2D eigenvalue weighted by Gasteiger charge is 2.14. The van der Waals surface area contributed by atoms with Crippen LogP contribution < -0.4 is 10.1 Å². The Morgan fingerprint density at radius 1 is 1.38 bits per heavy atom. The fourth-order valence-corrected chi connectivity index (χ4v) is 1.71. The van der Waals surface area contributed by atoms with Crippen LogP contribution in [0.3, 0.4) is 0 Å². The molecule has 2 aromatic rings. The summed E-state index contributed by atoms with van der Waals surface area (Å²) in [5.74, 6) is -0.231. The number of rotatable bonds is 4. The second-order valence-corrected chi connectivity index (χ2v) is 4.35. The number of hydrogen-bond donors (Lipinski definition) is 1. The lowest BCUT2D eigenvalue weighted by molar-refractivity contribution is -0.384. The zero-order valence-electron chi connectivity index (χ0n) is 10.9. The number of non-ortho nitro benzene ring substituents is 1. The Balaban J connectivity index is 2.24. The van der Waals surface area contributed by atoms with Gasteiger partial charge in [0.1, 0.15) is 10.9 Å². The van der Waals surface area contributed by atoms with E-state index in [1.807, 2.05) is 0 Å². The Kier molecular flexibility index (Phi) is 4.34. The number of amides is 1. The maximum atomic E-state index is 12.0. The van der Waals surface area contributed by atoms with Crippen LogP contribution in [0.2, 0.25) is 5.15 Å². The van der Waals surface area contributed by atoms with Crippen LogP contribution in [0.4, 0.5) is 11.4 Å². The quantitative estimate of drug-likeness (QED) is 0.532. The number of nitro groups is 1. The van der Waals surface area contributed by atoms with Crippen LogP contribution in [0.1, 0.15) is 10.4 Å². The van der Waals surface area contributed by atoms with Crippen molar-refractivity contribution in [3.63, 3.8) is 0 Å². The van der Waals surface area contributed by atoms with E-state index >= 15 is 0 Å². The number of ether oxygens (including phenoxy) is 1. The van der Waals surface area contributed by atoms with Crippen LogP contribution in [0.5, 0.6) is 5.75 Å². The van der Waals surface area contributed by atoms with Gasteiger partial charge in [-0.15, -0.1) is 0 Å². The van der Waals surface area contributed by atoms with Crippen molar-refractivity contribution in [2.24, 2.45) is 0 Å². The summed E-state index contributed by atoms with van der Waals surface area (Å²) >= 11 is 5.64. The molecular weight excluding hydrogens is 298 g/mol. The molecule has 8 heteroatoms. The Morgan fingerprint density at radius 2 is 2.14 bits per heavy atom. The highest BCUT2D eigenvalue weighted by molar-refractivity contribution is 6.29. The van der Waals surface area contributed by atoms with Gasteiger partial charge in [-0.3, -0.25) is 14.9 Å². The van der Waals surface area contributed by atoms with Gasteiger partial charge in [-0.2, -0.15) is 0 Å². The summed E-state index contributed by atoms with van der Waals surface area (Å²) in [6.07, 6.45) is 1.33. The summed E-state index contributed by atoms with van der Waals surface area (Å²) in [6, 6.07) is 6.91. The Labute approximate surface area is 124 Å². The molecule has 0 aliphatic carbocycles. The number of aromatic nitrogens is 1. The summed E-state index contributed by atoms with van der Waals surface area (Å²) in [4.78, 5) is 26.0. The number of nitro benzene ring substituents is 1. The predicted molar refractivity (Wildman–Crippen MR) is 76.8 cm³/mol. The van der Waals surface area contributed by atoms with Gasteiger partial charge in [-0.25, -0.2) is 4.98 Å². The molecular formula is C13H10ClN3O4. The van der Waals surface area contributed by atoms with Gasteiger partial charge < -0.3 is 10.1 Å². The first-order chi connectivity index (χ1) is 10.0. The molecule has 7 nitrogen and oxygen atoms in total. The fourth-order valence-electron chi connectivity index (χ4n) is 1.60. The van der Waals surface area contributed by atoms with Crippen molar-refractivity contribution >= 4 is 28.9 Å². The van der Waals surface area contributed by atoms with E-state index in [-0.39, 0.29) is 16.6 Å². The summed E-state index contributed by atoms with van der Waals surface area (Å²) in [6.45, 7) is 0. The first-order valence-corrected chi connectivity index (χ1v) is 6.14. The molecule has 0 unspecified atom stereocenters. The summed E-state index contributed by atoms with van der Waals surface area (Å²) < 4.78 is 5.04. The number of methoxy groups -OCH3 is 1. The summed E-state index contributed by atoms with van der Waals surface area (Å²) in [5, 5.41) is 13.6. The third-order valence-electron chi connectivity index (χ3n) is 2.63. The van der Waals surface area contributed by atoms with Crippen LogP contribution >= 0.6 is 11.6 Å². The minimum absolute atomic E-state index is 0.127. The predicted octanol–water partition coefficient (Wildman–Crippen LogP) is 2.90.